The number of sulfonamides is 1. The molecule has 0 saturated carbocycles. The number of benzene rings is 1. The maximum absolute atomic E-state index is 12.6. The van der Waals surface area contributed by atoms with Gasteiger partial charge in [0.1, 0.15) is 0 Å². The minimum atomic E-state index is -3.35. The second-order valence-electron chi connectivity index (χ2n) is 5.96. The maximum atomic E-state index is 12.6. The molecule has 2 rings (SSSR count). The number of piperazine rings is 1. The Morgan fingerprint density at radius 3 is 2.50 bits per heavy atom. The van der Waals surface area contributed by atoms with Crippen molar-refractivity contribution in [2.45, 2.75) is 38.1 Å². The van der Waals surface area contributed by atoms with Crippen LogP contribution in [0.15, 0.2) is 29.2 Å². The van der Waals surface area contributed by atoms with Crippen molar-refractivity contribution in [3.63, 3.8) is 0 Å². The molecule has 4 nitrogen and oxygen atoms in total. The molecule has 0 amide bonds. The van der Waals surface area contributed by atoms with Crippen molar-refractivity contribution in [2.24, 2.45) is 5.92 Å². The van der Waals surface area contributed by atoms with Gasteiger partial charge >= 0.3 is 0 Å². The van der Waals surface area contributed by atoms with E-state index < -0.39 is 10.0 Å². The lowest BCUT2D eigenvalue weighted by Crippen LogP contribution is -2.51. The fourth-order valence-electron chi connectivity index (χ4n) is 2.53. The fraction of sp³-hybridized carbons (Fsp3) is 0.600. The van der Waals surface area contributed by atoms with Gasteiger partial charge in [0.2, 0.25) is 10.0 Å². The lowest BCUT2D eigenvalue weighted by atomic mass is 10.0. The van der Waals surface area contributed by atoms with Gasteiger partial charge in [-0.05, 0) is 37.0 Å². The summed E-state index contributed by atoms with van der Waals surface area (Å²) < 4.78 is 26.7. The summed E-state index contributed by atoms with van der Waals surface area (Å²) in [6, 6.07) is 7.54. The summed E-state index contributed by atoms with van der Waals surface area (Å²) in [4.78, 5) is 0.402. The van der Waals surface area contributed by atoms with Crippen molar-refractivity contribution < 1.29 is 8.42 Å². The standard InChI is InChI=1S/C15H24N2O2S/c1-12(2)10-14-4-6-15(7-5-14)20(18,19)17-9-8-16-13(3)11-17/h4-7,12-13,16H,8-11H2,1-3H3. The molecule has 1 atom stereocenters. The molecule has 1 unspecified atom stereocenters. The van der Waals surface area contributed by atoms with Crippen LogP contribution in [-0.4, -0.2) is 38.4 Å². The molecular formula is C15H24N2O2S. The first-order valence-electron chi connectivity index (χ1n) is 7.22. The predicted molar refractivity (Wildman–Crippen MR) is 81.2 cm³/mol. The number of hydrogen-bond acceptors (Lipinski definition) is 3. The third-order valence-corrected chi connectivity index (χ3v) is 5.42. The van der Waals surface area contributed by atoms with Crippen molar-refractivity contribution in [1.29, 1.82) is 0 Å². The zero-order chi connectivity index (χ0) is 14.8. The van der Waals surface area contributed by atoms with E-state index in [1.165, 1.54) is 5.56 Å². The molecule has 0 radical (unpaired) electrons. The molecule has 0 aromatic heterocycles. The Kier molecular flexibility index (Phi) is 4.83. The van der Waals surface area contributed by atoms with Crippen molar-refractivity contribution in [3.05, 3.63) is 29.8 Å². The average Bonchev–Trinajstić information content (AvgIpc) is 2.38. The van der Waals surface area contributed by atoms with Gasteiger partial charge in [-0.15, -0.1) is 0 Å². The van der Waals surface area contributed by atoms with Crippen LogP contribution in [-0.2, 0) is 16.4 Å². The molecule has 1 aromatic rings. The monoisotopic (exact) mass is 296 g/mol. The summed E-state index contributed by atoms with van der Waals surface area (Å²) in [6.45, 7) is 8.12. The van der Waals surface area contributed by atoms with Crippen molar-refractivity contribution in [3.8, 4) is 0 Å². The molecule has 1 saturated heterocycles. The average molecular weight is 296 g/mol. The van der Waals surface area contributed by atoms with E-state index in [1.807, 2.05) is 19.1 Å². The summed E-state index contributed by atoms with van der Waals surface area (Å²) in [5.74, 6) is 0.575. The number of nitrogens with one attached hydrogen (secondary N) is 1. The van der Waals surface area contributed by atoms with Crippen molar-refractivity contribution >= 4 is 10.0 Å². The van der Waals surface area contributed by atoms with Gasteiger partial charge in [-0.3, -0.25) is 0 Å². The van der Waals surface area contributed by atoms with Crippen LogP contribution in [0.4, 0.5) is 0 Å². The van der Waals surface area contributed by atoms with Crippen LogP contribution >= 0.6 is 0 Å². The van der Waals surface area contributed by atoms with Gasteiger partial charge in [-0.2, -0.15) is 4.31 Å². The van der Waals surface area contributed by atoms with Crippen molar-refractivity contribution in [2.75, 3.05) is 19.6 Å². The van der Waals surface area contributed by atoms with Crippen LogP contribution in [0.25, 0.3) is 0 Å². The predicted octanol–water partition coefficient (Wildman–Crippen LogP) is 1.87. The van der Waals surface area contributed by atoms with Gasteiger partial charge in [0.05, 0.1) is 4.90 Å². The van der Waals surface area contributed by atoms with E-state index in [0.29, 0.717) is 30.4 Å². The van der Waals surface area contributed by atoms with E-state index in [-0.39, 0.29) is 6.04 Å². The first kappa shape index (κ1) is 15.5. The Morgan fingerprint density at radius 1 is 1.30 bits per heavy atom. The van der Waals surface area contributed by atoms with Crippen LogP contribution < -0.4 is 5.32 Å². The van der Waals surface area contributed by atoms with E-state index in [0.717, 1.165) is 6.42 Å². The Balaban J connectivity index is 2.17. The molecule has 0 aliphatic carbocycles. The molecule has 112 valence electrons. The van der Waals surface area contributed by atoms with E-state index in [9.17, 15) is 8.42 Å². The topological polar surface area (TPSA) is 49.4 Å². The number of hydrogen-bond donors (Lipinski definition) is 1. The third-order valence-electron chi connectivity index (χ3n) is 3.54. The Hall–Kier alpha value is -0.910. The fourth-order valence-corrected chi connectivity index (χ4v) is 4.06. The minimum absolute atomic E-state index is 0.207. The first-order valence-corrected chi connectivity index (χ1v) is 8.66. The largest absolute Gasteiger partial charge is 0.312 e. The summed E-state index contributed by atoms with van der Waals surface area (Å²) in [5.41, 5.74) is 1.19. The van der Waals surface area contributed by atoms with E-state index >= 15 is 0 Å². The second-order valence-corrected chi connectivity index (χ2v) is 7.90. The van der Waals surface area contributed by atoms with Gasteiger partial charge in [-0.1, -0.05) is 26.0 Å². The van der Waals surface area contributed by atoms with Gasteiger partial charge in [0.25, 0.3) is 0 Å². The molecular weight excluding hydrogens is 272 g/mol. The van der Waals surface area contributed by atoms with Crippen molar-refractivity contribution in [1.82, 2.24) is 9.62 Å². The number of rotatable bonds is 4. The Morgan fingerprint density at radius 2 is 1.95 bits per heavy atom. The zero-order valence-corrected chi connectivity index (χ0v) is 13.3. The number of nitrogens with zero attached hydrogens (tertiary/aromatic N) is 1. The molecule has 1 aromatic carbocycles. The summed E-state index contributed by atoms with van der Waals surface area (Å²) in [7, 11) is -3.35. The third kappa shape index (κ3) is 3.59. The highest BCUT2D eigenvalue weighted by Gasteiger charge is 2.28. The van der Waals surface area contributed by atoms with Gasteiger partial charge in [0, 0.05) is 25.7 Å². The highest BCUT2D eigenvalue weighted by atomic mass is 32.2. The molecule has 0 spiro atoms. The van der Waals surface area contributed by atoms with Crippen LogP contribution in [0.1, 0.15) is 26.3 Å². The molecule has 1 fully saturated rings. The Bertz CT molecular complexity index is 537. The molecule has 20 heavy (non-hydrogen) atoms. The normalized spacial score (nSPS) is 21.3. The molecule has 1 N–H and O–H groups in total. The maximum Gasteiger partial charge on any atom is 0.243 e. The minimum Gasteiger partial charge on any atom is -0.312 e. The lowest BCUT2D eigenvalue weighted by Gasteiger charge is -2.31. The lowest BCUT2D eigenvalue weighted by molar-refractivity contribution is 0.310. The Labute approximate surface area is 122 Å². The van der Waals surface area contributed by atoms with Crippen LogP contribution in [0.5, 0.6) is 0 Å². The summed E-state index contributed by atoms with van der Waals surface area (Å²) in [6.07, 6.45) is 0.977. The highest BCUT2D eigenvalue weighted by molar-refractivity contribution is 7.89. The van der Waals surface area contributed by atoms with Crippen LogP contribution in [0.3, 0.4) is 0 Å². The van der Waals surface area contributed by atoms with E-state index in [4.69, 9.17) is 0 Å². The molecule has 0 bridgehead atoms. The molecule has 5 heteroatoms. The molecule has 1 aliphatic heterocycles. The quantitative estimate of drug-likeness (QED) is 0.923. The van der Waals surface area contributed by atoms with E-state index in [2.05, 4.69) is 19.2 Å². The second kappa shape index (κ2) is 6.24. The zero-order valence-electron chi connectivity index (χ0n) is 12.5. The first-order chi connectivity index (χ1) is 9.39. The van der Waals surface area contributed by atoms with Gasteiger partial charge < -0.3 is 5.32 Å². The van der Waals surface area contributed by atoms with Gasteiger partial charge in [0.15, 0.2) is 0 Å². The smallest absolute Gasteiger partial charge is 0.243 e. The molecule has 1 aliphatic rings. The summed E-state index contributed by atoms with van der Waals surface area (Å²) in [5, 5.41) is 3.26. The SMILES string of the molecule is CC(C)Cc1ccc(S(=O)(=O)N2CCNC(C)C2)cc1. The summed E-state index contributed by atoms with van der Waals surface area (Å²) >= 11 is 0. The van der Waals surface area contributed by atoms with Crippen LogP contribution in [0.2, 0.25) is 0 Å². The highest BCUT2D eigenvalue weighted by Crippen LogP contribution is 2.19. The van der Waals surface area contributed by atoms with E-state index in [1.54, 1.807) is 16.4 Å². The van der Waals surface area contributed by atoms with Crippen LogP contribution in [0, 0.1) is 5.92 Å². The molecule has 1 heterocycles. The van der Waals surface area contributed by atoms with Gasteiger partial charge in [-0.25, -0.2) is 8.42 Å².